The highest BCUT2D eigenvalue weighted by atomic mass is 79.9. The molecule has 1 unspecified atom stereocenters. The Hall–Kier alpha value is -1.05. The van der Waals surface area contributed by atoms with Crippen LogP contribution in [0.4, 0.5) is 0 Å². The maximum atomic E-state index is 5.36. The molecule has 1 aromatic carbocycles. The van der Waals surface area contributed by atoms with Crippen LogP contribution in [0.2, 0.25) is 0 Å². The molecule has 0 saturated carbocycles. The van der Waals surface area contributed by atoms with E-state index in [2.05, 4.69) is 31.4 Å². The molecule has 0 radical (unpaired) electrons. The molecular weight excluding hydrogens is 354 g/mol. The molecule has 2 aromatic rings. The van der Waals surface area contributed by atoms with Gasteiger partial charge in [-0.15, -0.1) is 0 Å². The van der Waals surface area contributed by atoms with Crippen molar-refractivity contribution in [2.75, 3.05) is 25.2 Å². The van der Waals surface area contributed by atoms with E-state index in [1.807, 2.05) is 30.0 Å². The Morgan fingerprint density at radius 1 is 1.52 bits per heavy atom. The molecule has 112 valence electrons. The highest BCUT2D eigenvalue weighted by Gasteiger charge is 2.18. The number of hydrogen-bond acceptors (Lipinski definition) is 6. The van der Waals surface area contributed by atoms with Crippen LogP contribution in [0.15, 0.2) is 27.2 Å². The fraction of sp³-hybridized carbons (Fsp3) is 0.429. The molecule has 0 spiro atoms. The third-order valence-electron chi connectivity index (χ3n) is 3.30. The predicted molar refractivity (Wildman–Crippen MR) is 86.8 cm³/mol. The van der Waals surface area contributed by atoms with Gasteiger partial charge in [-0.3, -0.25) is 0 Å². The fourth-order valence-corrected chi connectivity index (χ4v) is 3.71. The van der Waals surface area contributed by atoms with Gasteiger partial charge in [-0.25, -0.2) is 0 Å². The van der Waals surface area contributed by atoms with Gasteiger partial charge in [0.25, 0.3) is 0 Å². The number of benzene rings is 1. The molecular formula is C14H16BrN3O2S. The van der Waals surface area contributed by atoms with Crippen LogP contribution in [0.5, 0.6) is 5.75 Å². The van der Waals surface area contributed by atoms with Gasteiger partial charge < -0.3 is 14.6 Å². The first-order valence-electron chi connectivity index (χ1n) is 6.74. The molecule has 0 aliphatic carbocycles. The van der Waals surface area contributed by atoms with Crippen molar-refractivity contribution in [2.24, 2.45) is 0 Å². The molecule has 1 atom stereocenters. The van der Waals surface area contributed by atoms with Crippen LogP contribution in [-0.2, 0) is 6.42 Å². The Bertz CT molecular complexity index is 614. The van der Waals surface area contributed by atoms with Gasteiger partial charge in [0.1, 0.15) is 5.75 Å². The molecule has 0 amide bonds. The van der Waals surface area contributed by atoms with Gasteiger partial charge >= 0.3 is 0 Å². The maximum absolute atomic E-state index is 5.36. The molecule has 21 heavy (non-hydrogen) atoms. The van der Waals surface area contributed by atoms with Crippen LogP contribution in [-0.4, -0.2) is 41.3 Å². The largest absolute Gasteiger partial charge is 0.496 e. The zero-order valence-electron chi connectivity index (χ0n) is 11.6. The molecule has 1 fully saturated rings. The van der Waals surface area contributed by atoms with Gasteiger partial charge in [0.15, 0.2) is 0 Å². The minimum absolute atomic E-state index is 0.416. The van der Waals surface area contributed by atoms with Crippen LogP contribution >= 0.6 is 27.7 Å². The van der Waals surface area contributed by atoms with E-state index in [0.717, 1.165) is 34.5 Å². The van der Waals surface area contributed by atoms with E-state index >= 15 is 0 Å². The zero-order chi connectivity index (χ0) is 14.7. The second kappa shape index (κ2) is 6.81. The summed E-state index contributed by atoms with van der Waals surface area (Å²) >= 11 is 5.43. The number of hydrogen-bond donors (Lipinski definition) is 1. The summed E-state index contributed by atoms with van der Waals surface area (Å²) in [6, 6.07) is 6.16. The summed E-state index contributed by atoms with van der Waals surface area (Å²) in [5, 5.41) is 7.53. The Balaban J connectivity index is 1.73. The van der Waals surface area contributed by atoms with Gasteiger partial charge in [0.2, 0.25) is 11.7 Å². The average Bonchev–Trinajstić information content (AvgIpc) is 2.97. The summed E-state index contributed by atoms with van der Waals surface area (Å²) in [4.78, 5) is 4.48. The Morgan fingerprint density at radius 2 is 2.43 bits per heavy atom. The minimum atomic E-state index is 0.416. The van der Waals surface area contributed by atoms with Crippen molar-refractivity contribution in [3.8, 4) is 17.1 Å². The van der Waals surface area contributed by atoms with Crippen LogP contribution < -0.4 is 10.1 Å². The molecule has 0 bridgehead atoms. The summed E-state index contributed by atoms with van der Waals surface area (Å²) in [7, 11) is 1.64. The maximum Gasteiger partial charge on any atom is 0.228 e. The van der Waals surface area contributed by atoms with Crippen LogP contribution in [0.25, 0.3) is 11.4 Å². The van der Waals surface area contributed by atoms with Crippen molar-refractivity contribution < 1.29 is 9.26 Å². The normalized spacial score (nSPS) is 18.7. The van der Waals surface area contributed by atoms with E-state index in [9.17, 15) is 0 Å². The lowest BCUT2D eigenvalue weighted by Gasteiger charge is -2.21. The van der Waals surface area contributed by atoms with Crippen LogP contribution in [0.1, 0.15) is 5.89 Å². The molecule has 3 rings (SSSR count). The number of ether oxygens (including phenoxy) is 1. The lowest BCUT2D eigenvalue weighted by Crippen LogP contribution is -2.38. The smallest absolute Gasteiger partial charge is 0.228 e. The molecule has 7 heteroatoms. The average molecular weight is 370 g/mol. The Kier molecular flexibility index (Phi) is 4.82. The van der Waals surface area contributed by atoms with Gasteiger partial charge in [-0.1, -0.05) is 5.16 Å². The number of nitrogens with one attached hydrogen (secondary N) is 1. The minimum Gasteiger partial charge on any atom is -0.496 e. The first-order chi connectivity index (χ1) is 10.3. The van der Waals surface area contributed by atoms with Crippen molar-refractivity contribution in [1.82, 2.24) is 15.5 Å². The highest BCUT2D eigenvalue weighted by Crippen LogP contribution is 2.29. The standard InChI is InChI=1S/C14H16BrN3O2S/c1-19-12-3-2-9(6-11(12)15)14-17-13(20-18-14)7-10-8-21-5-4-16-10/h2-3,6,10,16H,4-5,7-8H2,1H3. The van der Waals surface area contributed by atoms with E-state index in [1.54, 1.807) is 7.11 Å². The van der Waals surface area contributed by atoms with Crippen molar-refractivity contribution in [2.45, 2.75) is 12.5 Å². The summed E-state index contributed by atoms with van der Waals surface area (Å²) in [5.41, 5.74) is 0.906. The second-order valence-electron chi connectivity index (χ2n) is 4.79. The van der Waals surface area contributed by atoms with Gasteiger partial charge in [0.05, 0.1) is 11.6 Å². The number of rotatable bonds is 4. The van der Waals surface area contributed by atoms with Crippen molar-refractivity contribution in [1.29, 1.82) is 0 Å². The summed E-state index contributed by atoms with van der Waals surface area (Å²) < 4.78 is 11.5. The quantitative estimate of drug-likeness (QED) is 0.893. The molecule has 2 heterocycles. The van der Waals surface area contributed by atoms with Crippen molar-refractivity contribution >= 4 is 27.7 Å². The monoisotopic (exact) mass is 369 g/mol. The molecule has 1 N–H and O–H groups in total. The molecule has 1 aromatic heterocycles. The Labute approximate surface area is 136 Å². The molecule has 5 nitrogen and oxygen atoms in total. The number of methoxy groups -OCH3 is 1. The number of thioether (sulfide) groups is 1. The van der Waals surface area contributed by atoms with Crippen molar-refractivity contribution in [3.05, 3.63) is 28.6 Å². The SMILES string of the molecule is COc1ccc(-c2noc(CC3CSCCN3)n2)cc1Br. The van der Waals surface area contributed by atoms with Crippen LogP contribution in [0.3, 0.4) is 0 Å². The third-order valence-corrected chi connectivity index (χ3v) is 5.05. The lowest BCUT2D eigenvalue weighted by atomic mass is 10.2. The highest BCUT2D eigenvalue weighted by molar-refractivity contribution is 9.10. The molecule has 1 aliphatic heterocycles. The van der Waals surface area contributed by atoms with Gasteiger partial charge in [-0.2, -0.15) is 16.7 Å². The van der Waals surface area contributed by atoms with E-state index < -0.39 is 0 Å². The number of aromatic nitrogens is 2. The number of nitrogens with zero attached hydrogens (tertiary/aromatic N) is 2. The van der Waals surface area contributed by atoms with E-state index in [4.69, 9.17) is 9.26 Å². The molecule has 1 saturated heterocycles. The van der Waals surface area contributed by atoms with E-state index in [0.29, 0.717) is 17.8 Å². The lowest BCUT2D eigenvalue weighted by molar-refractivity contribution is 0.363. The summed E-state index contributed by atoms with van der Waals surface area (Å²) in [5.74, 6) is 4.33. The second-order valence-corrected chi connectivity index (χ2v) is 6.80. The van der Waals surface area contributed by atoms with Crippen LogP contribution in [0, 0.1) is 0 Å². The summed E-state index contributed by atoms with van der Waals surface area (Å²) in [6.07, 6.45) is 0.775. The molecule has 1 aliphatic rings. The summed E-state index contributed by atoms with van der Waals surface area (Å²) in [6.45, 7) is 1.04. The van der Waals surface area contributed by atoms with E-state index in [1.165, 1.54) is 5.75 Å². The van der Waals surface area contributed by atoms with Gasteiger partial charge in [0, 0.05) is 36.1 Å². The zero-order valence-corrected chi connectivity index (χ0v) is 14.0. The fourth-order valence-electron chi connectivity index (χ4n) is 2.22. The first-order valence-corrected chi connectivity index (χ1v) is 8.68. The van der Waals surface area contributed by atoms with Crippen molar-refractivity contribution in [3.63, 3.8) is 0 Å². The third kappa shape index (κ3) is 3.59. The first kappa shape index (κ1) is 14.9. The van der Waals surface area contributed by atoms with E-state index in [-0.39, 0.29) is 0 Å². The van der Waals surface area contributed by atoms with Gasteiger partial charge in [-0.05, 0) is 34.1 Å². The Morgan fingerprint density at radius 3 is 3.14 bits per heavy atom. The predicted octanol–water partition coefficient (Wildman–Crippen LogP) is 2.76. The topological polar surface area (TPSA) is 60.2 Å². The number of halogens is 1.